The molecule has 0 radical (unpaired) electrons. The molecule has 0 aliphatic rings. The highest BCUT2D eigenvalue weighted by atomic mass is 15.1. The Morgan fingerprint density at radius 3 is 0.833 bits per heavy atom. The molecule has 2 heteroatoms. The van der Waals surface area contributed by atoms with Gasteiger partial charge in [-0.1, -0.05) is 133 Å². The number of para-hydroxylation sites is 2. The molecule has 0 saturated carbocycles. The van der Waals surface area contributed by atoms with Crippen LogP contribution in [0.1, 0.15) is 143 Å². The molecule has 0 unspecified atom stereocenters. The third-order valence-electron chi connectivity index (χ3n) is 7.54. The molecular formula is C34H56N2. The van der Waals surface area contributed by atoms with Crippen LogP contribution in [0.3, 0.4) is 0 Å². The van der Waals surface area contributed by atoms with Gasteiger partial charge >= 0.3 is 0 Å². The van der Waals surface area contributed by atoms with Crippen molar-refractivity contribution in [1.29, 1.82) is 0 Å². The Morgan fingerprint density at radius 1 is 0.444 bits per heavy atom. The molecule has 2 nitrogen and oxygen atoms in total. The van der Waals surface area contributed by atoms with Crippen molar-refractivity contribution < 1.29 is 0 Å². The van der Waals surface area contributed by atoms with E-state index in [-0.39, 0.29) is 22.9 Å². The molecule has 2 aromatic rings. The molecule has 0 aliphatic carbocycles. The van der Waals surface area contributed by atoms with Crippen molar-refractivity contribution in [2.45, 2.75) is 133 Å². The molecule has 202 valence electrons. The summed E-state index contributed by atoms with van der Waals surface area (Å²) in [6.07, 6.45) is 0. The SMILES string of the molecule is CC(C)c1cccc(C(C)C)c1N[C@H]([C@@H](Nc1c(C(C)C)cccc1C(C)C)C(C)(C)C)C(C)(C)C. The Balaban J connectivity index is 2.74. The molecule has 2 aromatic carbocycles. The maximum atomic E-state index is 4.18. The van der Waals surface area contributed by atoms with E-state index in [1.807, 2.05) is 0 Å². The second-order valence-electron chi connectivity index (χ2n) is 14.2. The van der Waals surface area contributed by atoms with Crippen LogP contribution in [0.5, 0.6) is 0 Å². The minimum absolute atomic E-state index is 0.0358. The van der Waals surface area contributed by atoms with Crippen LogP contribution < -0.4 is 10.6 Å². The summed E-state index contributed by atoms with van der Waals surface area (Å²) in [6, 6.07) is 14.1. The maximum Gasteiger partial charge on any atom is 0.0516 e. The van der Waals surface area contributed by atoms with Gasteiger partial charge in [-0.25, -0.2) is 0 Å². The molecule has 2 atom stereocenters. The van der Waals surface area contributed by atoms with Crippen molar-refractivity contribution in [2.24, 2.45) is 10.8 Å². The largest absolute Gasteiger partial charge is 0.379 e. The van der Waals surface area contributed by atoms with Gasteiger partial charge in [0.25, 0.3) is 0 Å². The monoisotopic (exact) mass is 492 g/mol. The second-order valence-corrected chi connectivity index (χ2v) is 14.2. The predicted molar refractivity (Wildman–Crippen MR) is 163 cm³/mol. The van der Waals surface area contributed by atoms with E-state index in [0.29, 0.717) is 23.7 Å². The van der Waals surface area contributed by atoms with Gasteiger partial charge in [0.15, 0.2) is 0 Å². The summed E-state index contributed by atoms with van der Waals surface area (Å²) in [5.41, 5.74) is 8.38. The van der Waals surface area contributed by atoms with E-state index in [2.05, 4.69) is 144 Å². The average molecular weight is 493 g/mol. The van der Waals surface area contributed by atoms with Crippen molar-refractivity contribution in [3.63, 3.8) is 0 Å². The minimum atomic E-state index is 0.0358. The molecule has 36 heavy (non-hydrogen) atoms. The Bertz CT molecular complexity index is 849. The summed E-state index contributed by atoms with van der Waals surface area (Å²) < 4.78 is 0. The van der Waals surface area contributed by atoms with Crippen LogP contribution in [0.4, 0.5) is 11.4 Å². The van der Waals surface area contributed by atoms with Crippen molar-refractivity contribution >= 4 is 11.4 Å². The number of hydrogen-bond donors (Lipinski definition) is 2. The molecule has 2 N–H and O–H groups in total. The van der Waals surface area contributed by atoms with Gasteiger partial charge in [-0.3, -0.25) is 0 Å². The quantitative estimate of drug-likeness (QED) is 0.364. The van der Waals surface area contributed by atoms with E-state index >= 15 is 0 Å². The first kappa shape index (κ1) is 30.3. The van der Waals surface area contributed by atoms with Gasteiger partial charge in [0.05, 0.1) is 12.1 Å². The number of hydrogen-bond acceptors (Lipinski definition) is 2. The molecule has 0 fully saturated rings. The van der Waals surface area contributed by atoms with E-state index < -0.39 is 0 Å². The first-order chi connectivity index (χ1) is 16.5. The number of benzene rings is 2. The Labute approximate surface area is 224 Å². The maximum absolute atomic E-state index is 4.18. The lowest BCUT2D eigenvalue weighted by atomic mass is 9.71. The molecule has 0 aliphatic heterocycles. The third kappa shape index (κ3) is 7.08. The van der Waals surface area contributed by atoms with Gasteiger partial charge in [-0.15, -0.1) is 0 Å². The lowest BCUT2D eigenvalue weighted by Crippen LogP contribution is -2.54. The molecule has 0 spiro atoms. The summed E-state index contributed by atoms with van der Waals surface area (Å²) in [5.74, 6) is 1.84. The van der Waals surface area contributed by atoms with Gasteiger partial charge in [-0.05, 0) is 56.8 Å². The fourth-order valence-electron chi connectivity index (χ4n) is 5.35. The normalized spacial score (nSPS) is 14.6. The van der Waals surface area contributed by atoms with E-state index in [1.165, 1.54) is 33.6 Å². The number of rotatable bonds is 9. The molecule has 0 aromatic heterocycles. The number of anilines is 2. The fourth-order valence-corrected chi connectivity index (χ4v) is 5.35. The van der Waals surface area contributed by atoms with Gasteiger partial charge in [-0.2, -0.15) is 0 Å². The summed E-state index contributed by atoms with van der Waals surface area (Å²) in [6.45, 7) is 32.8. The molecular weight excluding hydrogens is 436 g/mol. The summed E-state index contributed by atoms with van der Waals surface area (Å²) in [4.78, 5) is 0. The highest BCUT2D eigenvalue weighted by Gasteiger charge is 2.40. The third-order valence-corrected chi connectivity index (χ3v) is 7.54. The highest BCUT2D eigenvalue weighted by Crippen LogP contribution is 2.41. The molecule has 0 amide bonds. The molecule has 0 bridgehead atoms. The van der Waals surface area contributed by atoms with Gasteiger partial charge in [0.2, 0.25) is 0 Å². The Kier molecular flexibility index (Phi) is 9.76. The zero-order valence-electron chi connectivity index (χ0n) is 25.9. The van der Waals surface area contributed by atoms with Crippen LogP contribution in [-0.4, -0.2) is 12.1 Å². The zero-order chi connectivity index (χ0) is 27.6. The predicted octanol–water partition coefficient (Wildman–Crippen LogP) is 10.5. The molecule has 2 rings (SSSR count). The van der Waals surface area contributed by atoms with Crippen molar-refractivity contribution in [3.05, 3.63) is 58.7 Å². The van der Waals surface area contributed by atoms with Crippen molar-refractivity contribution in [3.8, 4) is 0 Å². The lowest BCUT2D eigenvalue weighted by molar-refractivity contribution is 0.220. The fraction of sp³-hybridized carbons (Fsp3) is 0.647. The molecule has 0 saturated heterocycles. The van der Waals surface area contributed by atoms with Crippen LogP contribution in [0.25, 0.3) is 0 Å². The van der Waals surface area contributed by atoms with Gasteiger partial charge in [0.1, 0.15) is 0 Å². The van der Waals surface area contributed by atoms with Crippen LogP contribution >= 0.6 is 0 Å². The van der Waals surface area contributed by atoms with E-state index in [4.69, 9.17) is 0 Å². The van der Waals surface area contributed by atoms with Gasteiger partial charge in [0, 0.05) is 11.4 Å². The first-order valence-electron chi connectivity index (χ1n) is 14.2. The van der Waals surface area contributed by atoms with E-state index in [1.54, 1.807) is 0 Å². The van der Waals surface area contributed by atoms with Crippen LogP contribution in [-0.2, 0) is 0 Å². The van der Waals surface area contributed by atoms with Gasteiger partial charge < -0.3 is 10.6 Å². The van der Waals surface area contributed by atoms with Crippen LogP contribution in [0.15, 0.2) is 36.4 Å². The Morgan fingerprint density at radius 2 is 0.667 bits per heavy atom. The standard InChI is InChI=1S/C34H56N2/c1-21(2)25-17-15-18-26(22(3)4)29(25)35-31(33(9,10)11)32(34(12,13)14)36-30-27(23(5)6)19-16-20-28(30)24(7)8/h15-24,31-32,35-36H,1-14H3/t31-,32-/m1/s1. The first-order valence-corrected chi connectivity index (χ1v) is 14.2. The second kappa shape index (κ2) is 11.6. The average Bonchev–Trinajstić information content (AvgIpc) is 2.73. The highest BCUT2D eigenvalue weighted by molar-refractivity contribution is 5.63. The number of nitrogens with one attached hydrogen (secondary N) is 2. The lowest BCUT2D eigenvalue weighted by Gasteiger charge is -2.46. The smallest absolute Gasteiger partial charge is 0.0516 e. The van der Waals surface area contributed by atoms with Crippen LogP contribution in [0, 0.1) is 10.8 Å². The van der Waals surface area contributed by atoms with Crippen molar-refractivity contribution in [1.82, 2.24) is 0 Å². The minimum Gasteiger partial charge on any atom is -0.379 e. The van der Waals surface area contributed by atoms with E-state index in [0.717, 1.165) is 0 Å². The molecule has 0 heterocycles. The zero-order valence-corrected chi connectivity index (χ0v) is 25.9. The van der Waals surface area contributed by atoms with Crippen molar-refractivity contribution in [2.75, 3.05) is 10.6 Å². The van der Waals surface area contributed by atoms with Crippen LogP contribution in [0.2, 0.25) is 0 Å². The summed E-state index contributed by atoms with van der Waals surface area (Å²) >= 11 is 0. The Hall–Kier alpha value is -1.96. The topological polar surface area (TPSA) is 24.1 Å². The summed E-state index contributed by atoms with van der Waals surface area (Å²) in [7, 11) is 0. The summed E-state index contributed by atoms with van der Waals surface area (Å²) in [5, 5.41) is 8.36. The van der Waals surface area contributed by atoms with E-state index in [9.17, 15) is 0 Å².